The summed E-state index contributed by atoms with van der Waals surface area (Å²) < 4.78 is 5.49. The number of esters is 1. The van der Waals surface area contributed by atoms with Crippen molar-refractivity contribution in [2.45, 2.75) is 379 Å². The summed E-state index contributed by atoms with van der Waals surface area (Å²) in [4.78, 5) is 24.6. The molecule has 6 nitrogen and oxygen atoms in total. The zero-order chi connectivity index (χ0) is 54.3. The SMILES string of the molecule is CCCCCC/C=C\C/C=C\CCCCCCCC(=O)OCCCCCCCCCCCCCC/C=C\CCCCCCCCCCCC(=O)NC(CO)C(O)CCCCCCCCCCCCCCCCCCC. The largest absolute Gasteiger partial charge is 0.466 e. The normalized spacial score (nSPS) is 12.7. The number of carbonyl (C=O) groups excluding carboxylic acids is 2. The van der Waals surface area contributed by atoms with Crippen LogP contribution in [0.5, 0.6) is 0 Å². The minimum absolute atomic E-state index is 0.000341. The van der Waals surface area contributed by atoms with Gasteiger partial charge in [-0.2, -0.15) is 0 Å². The Kier molecular flexibility index (Phi) is 63.0. The van der Waals surface area contributed by atoms with Gasteiger partial charge < -0.3 is 20.3 Å². The summed E-state index contributed by atoms with van der Waals surface area (Å²) in [5.74, 6) is -0.0352. The van der Waals surface area contributed by atoms with Gasteiger partial charge in [0.25, 0.3) is 0 Å². The minimum atomic E-state index is -0.667. The number of carbonyl (C=O) groups is 2. The molecule has 442 valence electrons. The first-order chi connectivity index (χ1) is 37.0. The number of hydrogen-bond acceptors (Lipinski definition) is 5. The molecule has 6 heteroatoms. The molecule has 0 spiro atoms. The van der Waals surface area contributed by atoms with Crippen molar-refractivity contribution in [2.24, 2.45) is 0 Å². The first-order valence-electron chi connectivity index (χ1n) is 33.7. The van der Waals surface area contributed by atoms with Crippen molar-refractivity contribution >= 4 is 11.9 Å². The van der Waals surface area contributed by atoms with Gasteiger partial charge in [-0.15, -0.1) is 0 Å². The van der Waals surface area contributed by atoms with Crippen molar-refractivity contribution in [1.29, 1.82) is 0 Å². The molecular formula is C69H131NO5. The van der Waals surface area contributed by atoms with Crippen LogP contribution < -0.4 is 5.32 Å². The van der Waals surface area contributed by atoms with E-state index >= 15 is 0 Å². The maximum atomic E-state index is 12.5. The number of unbranched alkanes of at least 4 members (excludes halogenated alkanes) is 46. The Morgan fingerprint density at radius 3 is 1.04 bits per heavy atom. The highest BCUT2D eigenvalue weighted by Gasteiger charge is 2.20. The lowest BCUT2D eigenvalue weighted by Gasteiger charge is -2.22. The molecule has 0 aliphatic heterocycles. The van der Waals surface area contributed by atoms with Crippen LogP contribution in [-0.4, -0.2) is 47.4 Å². The standard InChI is InChI=1S/C69H131NO5/c1-3-5-7-9-11-13-15-17-19-30-33-37-41-45-49-53-57-61-67(72)66(65-71)70-68(73)62-58-54-50-46-42-38-34-31-28-26-24-22-21-23-25-27-29-32-36-40-44-48-52-56-60-64-75-69(74)63-59-55-51-47-43-39-35-20-18-16-14-12-10-8-6-4-2/h14,16,20,22,24,35,66-67,71-72H,3-13,15,17-19,21,23,25-34,36-65H2,1-2H3,(H,70,73)/b16-14-,24-22-,35-20-. The average Bonchev–Trinajstić information content (AvgIpc) is 3.41. The summed E-state index contributed by atoms with van der Waals surface area (Å²) in [7, 11) is 0. The first-order valence-corrected chi connectivity index (χ1v) is 33.7. The molecule has 0 fully saturated rings. The highest BCUT2D eigenvalue weighted by atomic mass is 16.5. The first kappa shape index (κ1) is 73.1. The Bertz CT molecular complexity index is 1210. The van der Waals surface area contributed by atoms with Crippen molar-refractivity contribution in [1.82, 2.24) is 5.32 Å². The van der Waals surface area contributed by atoms with Gasteiger partial charge in [0.15, 0.2) is 0 Å². The van der Waals surface area contributed by atoms with E-state index in [1.165, 1.54) is 283 Å². The fourth-order valence-corrected chi connectivity index (χ4v) is 10.5. The summed E-state index contributed by atoms with van der Waals surface area (Å²) in [6, 6.07) is -0.544. The van der Waals surface area contributed by atoms with Gasteiger partial charge in [-0.1, -0.05) is 307 Å². The van der Waals surface area contributed by atoms with Crippen LogP contribution in [-0.2, 0) is 14.3 Å². The monoisotopic (exact) mass is 1050 g/mol. The molecule has 0 rings (SSSR count). The second kappa shape index (κ2) is 64.6. The average molecular weight is 1050 g/mol. The van der Waals surface area contributed by atoms with Gasteiger partial charge in [-0.05, 0) is 83.5 Å². The van der Waals surface area contributed by atoms with Gasteiger partial charge in [-0.25, -0.2) is 0 Å². The molecule has 0 saturated heterocycles. The summed E-state index contributed by atoms with van der Waals surface area (Å²) in [6.45, 7) is 4.95. The topological polar surface area (TPSA) is 95.9 Å². The van der Waals surface area contributed by atoms with Crippen molar-refractivity contribution in [2.75, 3.05) is 13.2 Å². The molecule has 0 aliphatic carbocycles. The molecule has 0 bridgehead atoms. The molecule has 0 saturated carbocycles. The molecule has 0 radical (unpaired) electrons. The molecule has 2 unspecified atom stereocenters. The lowest BCUT2D eigenvalue weighted by molar-refractivity contribution is -0.143. The summed E-state index contributed by atoms with van der Waals surface area (Å²) in [5.41, 5.74) is 0. The van der Waals surface area contributed by atoms with Gasteiger partial charge in [0.2, 0.25) is 5.91 Å². The van der Waals surface area contributed by atoms with E-state index < -0.39 is 12.1 Å². The van der Waals surface area contributed by atoms with Crippen LogP contribution in [0, 0.1) is 0 Å². The molecule has 1 amide bonds. The smallest absolute Gasteiger partial charge is 0.305 e. The van der Waals surface area contributed by atoms with Gasteiger partial charge in [0.1, 0.15) is 0 Å². The Hall–Kier alpha value is -1.92. The van der Waals surface area contributed by atoms with Crippen LogP contribution >= 0.6 is 0 Å². The second-order valence-electron chi connectivity index (χ2n) is 23.1. The molecule has 75 heavy (non-hydrogen) atoms. The maximum absolute atomic E-state index is 12.5. The third-order valence-corrected chi connectivity index (χ3v) is 15.7. The summed E-state index contributed by atoms with van der Waals surface area (Å²) in [5, 5.41) is 23.3. The fourth-order valence-electron chi connectivity index (χ4n) is 10.5. The van der Waals surface area contributed by atoms with Gasteiger partial charge >= 0.3 is 5.97 Å². The predicted molar refractivity (Wildman–Crippen MR) is 329 cm³/mol. The van der Waals surface area contributed by atoms with Crippen molar-refractivity contribution in [3.63, 3.8) is 0 Å². The van der Waals surface area contributed by atoms with Crippen molar-refractivity contribution < 1.29 is 24.5 Å². The highest BCUT2D eigenvalue weighted by molar-refractivity contribution is 5.76. The summed E-state index contributed by atoms with van der Waals surface area (Å²) in [6.07, 6.45) is 81.7. The van der Waals surface area contributed by atoms with Crippen LogP contribution in [0.25, 0.3) is 0 Å². The Balaban J connectivity index is 3.40. The van der Waals surface area contributed by atoms with E-state index in [1.54, 1.807) is 0 Å². The number of aliphatic hydroxyl groups excluding tert-OH is 2. The van der Waals surface area contributed by atoms with Gasteiger partial charge in [0.05, 0.1) is 25.4 Å². The van der Waals surface area contributed by atoms with Crippen molar-refractivity contribution in [3.8, 4) is 0 Å². The Morgan fingerprint density at radius 2 is 0.667 bits per heavy atom. The molecular weight excluding hydrogens is 923 g/mol. The minimum Gasteiger partial charge on any atom is -0.466 e. The summed E-state index contributed by atoms with van der Waals surface area (Å²) >= 11 is 0. The quantitative estimate of drug-likeness (QED) is 0.0320. The van der Waals surface area contributed by atoms with E-state index in [9.17, 15) is 19.8 Å². The molecule has 0 aromatic heterocycles. The number of ether oxygens (including phenoxy) is 1. The fraction of sp³-hybridized carbons (Fsp3) is 0.884. The molecule has 3 N–H and O–H groups in total. The number of amides is 1. The Morgan fingerprint density at radius 1 is 0.373 bits per heavy atom. The molecule has 0 aromatic rings. The third kappa shape index (κ3) is 61.2. The van der Waals surface area contributed by atoms with Crippen LogP contribution in [0.1, 0.15) is 367 Å². The molecule has 2 atom stereocenters. The van der Waals surface area contributed by atoms with Gasteiger partial charge in [-0.3, -0.25) is 9.59 Å². The highest BCUT2D eigenvalue weighted by Crippen LogP contribution is 2.18. The number of aliphatic hydroxyl groups is 2. The van der Waals surface area contributed by atoms with E-state index in [0.717, 1.165) is 51.4 Å². The number of allylic oxidation sites excluding steroid dienone is 6. The zero-order valence-corrected chi connectivity index (χ0v) is 50.5. The van der Waals surface area contributed by atoms with Crippen molar-refractivity contribution in [3.05, 3.63) is 36.5 Å². The lowest BCUT2D eigenvalue weighted by Crippen LogP contribution is -2.45. The van der Waals surface area contributed by atoms with E-state index in [4.69, 9.17) is 4.74 Å². The number of rotatable bonds is 63. The van der Waals surface area contributed by atoms with Gasteiger partial charge in [0, 0.05) is 12.8 Å². The third-order valence-electron chi connectivity index (χ3n) is 15.7. The molecule has 0 aromatic carbocycles. The lowest BCUT2D eigenvalue weighted by atomic mass is 10.0. The second-order valence-corrected chi connectivity index (χ2v) is 23.1. The van der Waals surface area contributed by atoms with Crippen LogP contribution in [0.4, 0.5) is 0 Å². The predicted octanol–water partition coefficient (Wildman–Crippen LogP) is 21.5. The van der Waals surface area contributed by atoms with E-state index in [0.29, 0.717) is 25.9 Å². The Labute approximate surface area is 468 Å². The van der Waals surface area contributed by atoms with E-state index in [-0.39, 0.29) is 18.5 Å². The molecule has 0 aliphatic rings. The van der Waals surface area contributed by atoms with E-state index in [1.807, 2.05) is 0 Å². The van der Waals surface area contributed by atoms with Crippen LogP contribution in [0.15, 0.2) is 36.5 Å². The van der Waals surface area contributed by atoms with E-state index in [2.05, 4.69) is 55.6 Å². The maximum Gasteiger partial charge on any atom is 0.305 e. The molecule has 0 heterocycles. The number of nitrogens with one attached hydrogen (secondary N) is 1. The number of hydrogen-bond donors (Lipinski definition) is 3. The van der Waals surface area contributed by atoms with Crippen LogP contribution in [0.2, 0.25) is 0 Å². The van der Waals surface area contributed by atoms with Crippen LogP contribution in [0.3, 0.4) is 0 Å². The zero-order valence-electron chi connectivity index (χ0n) is 50.5.